The Bertz CT molecular complexity index is 140. The first-order valence-corrected chi connectivity index (χ1v) is 6.68. The first-order chi connectivity index (χ1) is 7.65. The highest BCUT2D eigenvalue weighted by atomic mass is 19.1. The van der Waals surface area contributed by atoms with E-state index >= 15 is 0 Å². The van der Waals surface area contributed by atoms with Crippen LogP contribution in [0.4, 0.5) is 4.39 Å². The minimum atomic E-state index is -0.673. The number of halogens is 1. The van der Waals surface area contributed by atoms with Crippen molar-refractivity contribution in [1.29, 1.82) is 0 Å². The summed E-state index contributed by atoms with van der Waals surface area (Å²) in [6.45, 7) is 12.7. The van der Waals surface area contributed by atoms with Gasteiger partial charge in [0, 0.05) is 12.6 Å². The molecule has 1 fully saturated rings. The number of rotatable bonds is 2. The van der Waals surface area contributed by atoms with E-state index in [1.165, 1.54) is 0 Å². The molecule has 2 nitrogen and oxygen atoms in total. The highest BCUT2D eigenvalue weighted by Gasteiger charge is 2.29. The van der Waals surface area contributed by atoms with Gasteiger partial charge in [-0.2, -0.15) is 0 Å². The van der Waals surface area contributed by atoms with E-state index in [4.69, 9.17) is 0 Å². The summed E-state index contributed by atoms with van der Waals surface area (Å²) in [5, 5.41) is 0. The maximum absolute atomic E-state index is 13.5. The van der Waals surface area contributed by atoms with Gasteiger partial charge in [0.15, 0.2) is 0 Å². The highest BCUT2D eigenvalue weighted by Crippen LogP contribution is 2.17. The zero-order valence-corrected chi connectivity index (χ0v) is 12.3. The maximum atomic E-state index is 13.5. The van der Waals surface area contributed by atoms with Gasteiger partial charge in [0.1, 0.15) is 6.17 Å². The third-order valence-electron chi connectivity index (χ3n) is 2.70. The van der Waals surface area contributed by atoms with Crippen LogP contribution in [0, 0.1) is 0 Å². The summed E-state index contributed by atoms with van der Waals surface area (Å²) >= 11 is 0. The van der Waals surface area contributed by atoms with E-state index < -0.39 is 6.17 Å². The predicted molar refractivity (Wildman–Crippen MR) is 71.8 cm³/mol. The molecule has 2 atom stereocenters. The Morgan fingerprint density at radius 1 is 1.19 bits per heavy atom. The molecule has 0 saturated carbocycles. The third kappa shape index (κ3) is 6.44. The van der Waals surface area contributed by atoms with E-state index in [2.05, 4.69) is 11.8 Å². The van der Waals surface area contributed by atoms with Gasteiger partial charge in [0.25, 0.3) is 0 Å². The van der Waals surface area contributed by atoms with Gasteiger partial charge in [0.05, 0.1) is 0 Å². The van der Waals surface area contributed by atoms with Gasteiger partial charge in [0.2, 0.25) is 0 Å². The van der Waals surface area contributed by atoms with Gasteiger partial charge >= 0.3 is 0 Å². The second kappa shape index (κ2) is 11.3. The fourth-order valence-corrected chi connectivity index (χ4v) is 1.82. The average molecular weight is 234 g/mol. The number of likely N-dealkylation sites (tertiary alicyclic amines) is 1. The Balaban J connectivity index is 0. The molecular formula is C13H31FN2. The average Bonchev–Trinajstić information content (AvgIpc) is 2.33. The van der Waals surface area contributed by atoms with Gasteiger partial charge in [-0.3, -0.25) is 0 Å². The Kier molecular flexibility index (Phi) is 12.9. The van der Waals surface area contributed by atoms with Crippen LogP contribution in [0.3, 0.4) is 0 Å². The lowest BCUT2D eigenvalue weighted by Crippen LogP contribution is -2.50. The van der Waals surface area contributed by atoms with Gasteiger partial charge < -0.3 is 9.80 Å². The summed E-state index contributed by atoms with van der Waals surface area (Å²) in [7, 11) is 3.91. The lowest BCUT2D eigenvalue weighted by molar-refractivity contribution is 0.0609. The van der Waals surface area contributed by atoms with Crippen LogP contribution in [0.25, 0.3) is 0 Å². The normalized spacial score (nSPS) is 25.3. The van der Waals surface area contributed by atoms with Crippen molar-refractivity contribution in [2.75, 3.05) is 33.7 Å². The van der Waals surface area contributed by atoms with Crippen molar-refractivity contribution in [3.8, 4) is 0 Å². The SMILES string of the molecule is CC.CC.CCN1CCC(N(C)C)C(F)C1. The molecule has 100 valence electrons. The third-order valence-corrected chi connectivity index (χ3v) is 2.70. The van der Waals surface area contributed by atoms with E-state index in [0.717, 1.165) is 19.5 Å². The number of nitrogens with zero attached hydrogens (tertiary/aromatic N) is 2. The van der Waals surface area contributed by atoms with E-state index in [1.807, 2.05) is 46.7 Å². The zero-order valence-electron chi connectivity index (χ0n) is 12.3. The fourth-order valence-electron chi connectivity index (χ4n) is 1.82. The molecule has 0 aliphatic carbocycles. The van der Waals surface area contributed by atoms with Gasteiger partial charge in [-0.15, -0.1) is 0 Å². The Labute approximate surface area is 102 Å². The van der Waals surface area contributed by atoms with Crippen molar-refractivity contribution < 1.29 is 4.39 Å². The number of piperidine rings is 1. The maximum Gasteiger partial charge on any atom is 0.128 e. The largest absolute Gasteiger partial charge is 0.303 e. The van der Waals surface area contributed by atoms with Crippen LogP contribution in [0.15, 0.2) is 0 Å². The molecule has 0 aromatic rings. The number of alkyl halides is 1. The van der Waals surface area contributed by atoms with Crippen molar-refractivity contribution in [3.05, 3.63) is 0 Å². The van der Waals surface area contributed by atoms with Crippen LogP contribution in [0.5, 0.6) is 0 Å². The monoisotopic (exact) mass is 234 g/mol. The molecule has 0 bridgehead atoms. The van der Waals surface area contributed by atoms with E-state index in [0.29, 0.717) is 6.54 Å². The fraction of sp³-hybridized carbons (Fsp3) is 1.00. The molecule has 1 heterocycles. The molecule has 16 heavy (non-hydrogen) atoms. The van der Waals surface area contributed by atoms with Gasteiger partial charge in [-0.1, -0.05) is 34.6 Å². The van der Waals surface area contributed by atoms with Crippen LogP contribution in [-0.4, -0.2) is 55.7 Å². The smallest absolute Gasteiger partial charge is 0.128 e. The summed E-state index contributed by atoms with van der Waals surface area (Å²) < 4.78 is 13.5. The Morgan fingerprint density at radius 3 is 2.00 bits per heavy atom. The highest BCUT2D eigenvalue weighted by molar-refractivity contribution is 4.84. The second-order valence-corrected chi connectivity index (χ2v) is 3.73. The molecule has 0 N–H and O–H groups in total. The van der Waals surface area contributed by atoms with Crippen LogP contribution < -0.4 is 0 Å². The summed E-state index contributed by atoms with van der Waals surface area (Å²) in [5.74, 6) is 0. The number of hydrogen-bond donors (Lipinski definition) is 0. The van der Waals surface area contributed by atoms with Crippen molar-refractivity contribution in [2.45, 2.75) is 53.3 Å². The quantitative estimate of drug-likeness (QED) is 0.724. The molecule has 1 rings (SSSR count). The molecule has 0 radical (unpaired) electrons. The van der Waals surface area contributed by atoms with E-state index in [9.17, 15) is 4.39 Å². The topological polar surface area (TPSA) is 6.48 Å². The first kappa shape index (κ1) is 18.2. The summed E-state index contributed by atoms with van der Waals surface area (Å²) in [6, 6.07) is 0.132. The minimum Gasteiger partial charge on any atom is -0.303 e. The second-order valence-electron chi connectivity index (χ2n) is 3.73. The molecule has 2 unspecified atom stereocenters. The molecule has 1 saturated heterocycles. The van der Waals surface area contributed by atoms with Gasteiger partial charge in [-0.05, 0) is 33.6 Å². The Morgan fingerprint density at radius 2 is 1.69 bits per heavy atom. The molecule has 0 aromatic heterocycles. The van der Waals surface area contributed by atoms with E-state index in [1.54, 1.807) is 0 Å². The lowest BCUT2D eigenvalue weighted by atomic mass is 10.0. The Hall–Kier alpha value is -0.150. The number of hydrogen-bond acceptors (Lipinski definition) is 2. The van der Waals surface area contributed by atoms with Crippen LogP contribution in [-0.2, 0) is 0 Å². The summed E-state index contributed by atoms with van der Waals surface area (Å²) in [6.07, 6.45) is 0.288. The molecule has 3 heteroatoms. The predicted octanol–water partition coefficient (Wildman–Crippen LogP) is 3.03. The van der Waals surface area contributed by atoms with Crippen LogP contribution in [0.2, 0.25) is 0 Å². The molecule has 0 amide bonds. The lowest BCUT2D eigenvalue weighted by Gasteiger charge is -2.37. The van der Waals surface area contributed by atoms with Crippen LogP contribution in [0.1, 0.15) is 41.0 Å². The van der Waals surface area contributed by atoms with Gasteiger partial charge in [-0.25, -0.2) is 4.39 Å². The molecule has 1 aliphatic rings. The van der Waals surface area contributed by atoms with Crippen molar-refractivity contribution in [3.63, 3.8) is 0 Å². The van der Waals surface area contributed by atoms with Crippen molar-refractivity contribution in [2.24, 2.45) is 0 Å². The van der Waals surface area contributed by atoms with E-state index in [-0.39, 0.29) is 6.04 Å². The standard InChI is InChI=1S/C9H19FN2.2C2H6/c1-4-12-6-5-9(11(2)3)8(10)7-12;2*1-2/h8-9H,4-7H2,1-3H3;2*1-2H3. The zero-order chi connectivity index (χ0) is 13.1. The van der Waals surface area contributed by atoms with Crippen molar-refractivity contribution in [1.82, 2.24) is 9.80 Å². The van der Waals surface area contributed by atoms with Crippen LogP contribution >= 0.6 is 0 Å². The summed E-state index contributed by atoms with van der Waals surface area (Å²) in [4.78, 5) is 4.17. The summed E-state index contributed by atoms with van der Waals surface area (Å²) in [5.41, 5.74) is 0. The molecular weight excluding hydrogens is 203 g/mol. The molecule has 0 spiro atoms. The minimum absolute atomic E-state index is 0.132. The van der Waals surface area contributed by atoms with Crippen molar-refractivity contribution >= 4 is 0 Å². The first-order valence-electron chi connectivity index (χ1n) is 6.68. The molecule has 0 aromatic carbocycles. The molecule has 1 aliphatic heterocycles.